The Bertz CT molecular complexity index is 656. The van der Waals surface area contributed by atoms with Crippen LogP contribution in [0.15, 0.2) is 0 Å². The third-order valence-corrected chi connectivity index (χ3v) is 6.01. The van der Waals surface area contributed by atoms with E-state index in [1.807, 2.05) is 0 Å². The fourth-order valence-corrected chi connectivity index (χ4v) is 3.86. The first kappa shape index (κ1) is 35.2. The van der Waals surface area contributed by atoms with Crippen LogP contribution in [-0.4, -0.2) is 46.0 Å². The molecule has 0 saturated heterocycles. The highest BCUT2D eigenvalue weighted by molar-refractivity contribution is 5.85. The van der Waals surface area contributed by atoms with Gasteiger partial charge in [0.25, 0.3) is 0 Å². The highest BCUT2D eigenvalue weighted by atomic mass is 16.6. The normalized spacial score (nSPS) is 10.6. The molecule has 0 amide bonds. The van der Waals surface area contributed by atoms with E-state index in [2.05, 4.69) is 0 Å². The van der Waals surface area contributed by atoms with Crippen molar-refractivity contribution in [2.45, 2.75) is 141 Å². The lowest BCUT2D eigenvalue weighted by Crippen LogP contribution is -2.12. The van der Waals surface area contributed by atoms with Crippen LogP contribution in [0.25, 0.3) is 0 Å². The van der Waals surface area contributed by atoms with Crippen molar-refractivity contribution in [2.24, 2.45) is 0 Å². The lowest BCUT2D eigenvalue weighted by molar-refractivity contribution is -0.161. The highest BCUT2D eigenvalue weighted by Crippen LogP contribution is 2.12. The van der Waals surface area contributed by atoms with E-state index >= 15 is 0 Å². The molecule has 0 aromatic heterocycles. The molecule has 10 heteroatoms. The van der Waals surface area contributed by atoms with Crippen molar-refractivity contribution in [3.63, 3.8) is 0 Å². The third-order valence-electron chi connectivity index (χ3n) is 6.01. The van der Waals surface area contributed by atoms with Crippen molar-refractivity contribution in [1.29, 1.82) is 0 Å². The van der Waals surface area contributed by atoms with Gasteiger partial charge >= 0.3 is 35.8 Å². The molecule has 0 aliphatic rings. The molecule has 0 aliphatic carbocycles. The smallest absolute Gasteiger partial charge is 0.313 e. The summed E-state index contributed by atoms with van der Waals surface area (Å²) < 4.78 is 9.61. The van der Waals surface area contributed by atoms with E-state index in [1.54, 1.807) is 0 Å². The van der Waals surface area contributed by atoms with Crippen LogP contribution in [0.5, 0.6) is 0 Å². The van der Waals surface area contributed by atoms with Crippen LogP contribution in [0.3, 0.4) is 0 Å². The molecule has 0 aliphatic heterocycles. The van der Waals surface area contributed by atoms with Crippen LogP contribution in [0, 0.1) is 0 Å². The molecular formula is C28H46O10. The summed E-state index contributed by atoms with van der Waals surface area (Å²) in [6, 6.07) is 0. The Balaban J connectivity index is 3.55. The zero-order valence-corrected chi connectivity index (χ0v) is 22.7. The molecule has 0 heterocycles. The van der Waals surface area contributed by atoms with Crippen molar-refractivity contribution in [2.75, 3.05) is 0 Å². The van der Waals surface area contributed by atoms with Crippen LogP contribution >= 0.6 is 0 Å². The van der Waals surface area contributed by atoms with E-state index in [4.69, 9.17) is 19.7 Å². The molecule has 0 aromatic rings. The molecule has 2 N–H and O–H groups in total. The molecule has 0 bridgehead atoms. The first-order valence-corrected chi connectivity index (χ1v) is 14.1. The zero-order chi connectivity index (χ0) is 28.4. The molecule has 0 atom stereocenters. The van der Waals surface area contributed by atoms with Gasteiger partial charge in [0.15, 0.2) is 0 Å². The first-order valence-electron chi connectivity index (χ1n) is 14.1. The van der Waals surface area contributed by atoms with Crippen LogP contribution in [0.2, 0.25) is 0 Å². The number of esters is 4. The Morgan fingerprint density at radius 2 is 0.500 bits per heavy atom. The molecule has 10 nitrogen and oxygen atoms in total. The van der Waals surface area contributed by atoms with Gasteiger partial charge in [-0.15, -0.1) is 0 Å². The second-order valence-corrected chi connectivity index (χ2v) is 9.64. The Morgan fingerprint density at radius 3 is 0.711 bits per heavy atom. The second kappa shape index (κ2) is 24.6. The van der Waals surface area contributed by atoms with E-state index in [9.17, 15) is 28.8 Å². The van der Waals surface area contributed by atoms with Crippen molar-refractivity contribution in [3.8, 4) is 0 Å². The number of carboxylic acid groups (broad SMARTS) is 2. The fraction of sp³-hybridized carbons (Fsp3) is 0.786. The minimum Gasteiger partial charge on any atom is -0.481 e. The summed E-state index contributed by atoms with van der Waals surface area (Å²) in [4.78, 5) is 67.8. The topological polar surface area (TPSA) is 161 Å². The summed E-state index contributed by atoms with van der Waals surface area (Å²) in [7, 11) is 0. The van der Waals surface area contributed by atoms with Crippen LogP contribution < -0.4 is 0 Å². The van der Waals surface area contributed by atoms with Crippen molar-refractivity contribution in [3.05, 3.63) is 0 Å². The lowest BCUT2D eigenvalue weighted by Gasteiger charge is -2.05. The Kier molecular flexibility index (Phi) is 22.8. The maximum atomic E-state index is 11.8. The van der Waals surface area contributed by atoms with Gasteiger partial charge < -0.3 is 19.7 Å². The van der Waals surface area contributed by atoms with E-state index in [0.29, 0.717) is 51.4 Å². The molecular weight excluding hydrogens is 496 g/mol. The van der Waals surface area contributed by atoms with E-state index in [0.717, 1.165) is 51.4 Å². The van der Waals surface area contributed by atoms with E-state index < -0.39 is 35.8 Å². The molecule has 0 spiro atoms. The predicted octanol–water partition coefficient (Wildman–Crippen LogP) is 5.88. The summed E-state index contributed by atoms with van der Waals surface area (Å²) in [6.45, 7) is 0. The molecule has 0 saturated carbocycles. The second-order valence-electron chi connectivity index (χ2n) is 9.64. The number of rotatable bonds is 25. The number of carboxylic acids is 2. The number of hydrogen-bond acceptors (Lipinski definition) is 8. The number of unbranched alkanes of at least 4 members (excludes halogenated alkanes) is 13. The summed E-state index contributed by atoms with van der Waals surface area (Å²) in [5, 5.41) is 17.1. The minimum atomic E-state index is -0.783. The quantitative estimate of drug-likeness (QED) is 0.0809. The number of carbonyl (C=O) groups excluding carboxylic acids is 4. The highest BCUT2D eigenvalue weighted by Gasteiger charge is 2.12. The molecule has 0 unspecified atom stereocenters. The molecule has 0 rings (SSSR count). The van der Waals surface area contributed by atoms with Gasteiger partial charge in [-0.25, -0.2) is 0 Å². The molecule has 218 valence electrons. The van der Waals surface area contributed by atoms with Gasteiger partial charge in [0, 0.05) is 38.5 Å². The monoisotopic (exact) mass is 542 g/mol. The van der Waals surface area contributed by atoms with Gasteiger partial charge in [0.2, 0.25) is 0 Å². The summed E-state index contributed by atoms with van der Waals surface area (Å²) >= 11 is 0. The Morgan fingerprint density at radius 1 is 0.316 bits per heavy atom. The molecule has 0 radical (unpaired) electrons. The standard InChI is InChI=1S/C28H46O10/c29-23(30)17-11-5-1-3-7-13-19-25(33)37-27(35)21-15-9-10-16-22-28(36)38-26(34)20-14-8-4-2-6-12-18-24(31)32/h1-22H2,(H,29,30)(H,31,32). The number of aliphatic carboxylic acids is 2. The van der Waals surface area contributed by atoms with E-state index in [1.165, 1.54) is 0 Å². The predicted molar refractivity (Wildman–Crippen MR) is 139 cm³/mol. The van der Waals surface area contributed by atoms with E-state index in [-0.39, 0.29) is 38.5 Å². The van der Waals surface area contributed by atoms with Gasteiger partial charge in [0.05, 0.1) is 0 Å². The summed E-state index contributed by atoms with van der Waals surface area (Å²) in [5.74, 6) is -3.71. The van der Waals surface area contributed by atoms with Gasteiger partial charge in [0.1, 0.15) is 0 Å². The number of ether oxygens (including phenoxy) is 2. The number of hydrogen-bond donors (Lipinski definition) is 2. The molecule has 38 heavy (non-hydrogen) atoms. The molecule has 0 fully saturated rings. The summed E-state index contributed by atoms with van der Waals surface area (Å²) in [5.41, 5.74) is 0. The number of carbonyl (C=O) groups is 6. The average Bonchev–Trinajstić information content (AvgIpc) is 2.84. The average molecular weight is 543 g/mol. The largest absolute Gasteiger partial charge is 0.481 e. The van der Waals surface area contributed by atoms with Crippen molar-refractivity contribution in [1.82, 2.24) is 0 Å². The van der Waals surface area contributed by atoms with Gasteiger partial charge in [-0.05, 0) is 38.5 Å². The lowest BCUT2D eigenvalue weighted by atomic mass is 10.1. The fourth-order valence-electron chi connectivity index (χ4n) is 3.86. The Hall–Kier alpha value is -2.78. The van der Waals surface area contributed by atoms with Gasteiger partial charge in [-0.3, -0.25) is 28.8 Å². The maximum absolute atomic E-state index is 11.8. The third kappa shape index (κ3) is 26.3. The molecule has 0 aromatic carbocycles. The first-order chi connectivity index (χ1) is 18.2. The zero-order valence-electron chi connectivity index (χ0n) is 22.7. The summed E-state index contributed by atoms with van der Waals surface area (Å²) in [6.07, 6.45) is 13.2. The SMILES string of the molecule is O=C(O)CCCCCCCCC(=O)OC(=O)CCCCCCC(=O)OC(=O)CCCCCCCCC(=O)O. The van der Waals surface area contributed by atoms with Crippen molar-refractivity contribution < 1.29 is 48.5 Å². The van der Waals surface area contributed by atoms with Crippen LogP contribution in [0.1, 0.15) is 141 Å². The van der Waals surface area contributed by atoms with Crippen molar-refractivity contribution >= 4 is 35.8 Å². The Labute approximate surface area is 225 Å². The van der Waals surface area contributed by atoms with Gasteiger partial charge in [-0.1, -0.05) is 64.2 Å². The minimum absolute atomic E-state index is 0.137. The maximum Gasteiger partial charge on any atom is 0.313 e. The van der Waals surface area contributed by atoms with Crippen LogP contribution in [0.4, 0.5) is 0 Å². The van der Waals surface area contributed by atoms with Gasteiger partial charge in [-0.2, -0.15) is 0 Å². The van der Waals surface area contributed by atoms with Crippen LogP contribution in [-0.2, 0) is 38.2 Å².